The summed E-state index contributed by atoms with van der Waals surface area (Å²) < 4.78 is 0. The van der Waals surface area contributed by atoms with Gasteiger partial charge in [-0.25, -0.2) is 0 Å². The first-order chi connectivity index (χ1) is 28.7. The third-order valence-corrected chi connectivity index (χ3v) is 11.0. The van der Waals surface area contributed by atoms with Crippen LogP contribution >= 0.6 is 0 Å². The SMILES string of the molecule is c1ccc(-c2cccc(N(c3ccccc3)c3ccc(N(c4ccccc4)c4ccc(-c5cc6ccccc6cc5-c5ccc6ccccc6c5)cc4)cc3)c2)cc1. The van der Waals surface area contributed by atoms with Crippen molar-refractivity contribution in [3.05, 3.63) is 243 Å². The van der Waals surface area contributed by atoms with Gasteiger partial charge < -0.3 is 9.80 Å². The molecule has 10 aromatic rings. The zero-order chi connectivity index (χ0) is 38.7. The van der Waals surface area contributed by atoms with Crippen molar-refractivity contribution >= 4 is 55.7 Å². The summed E-state index contributed by atoms with van der Waals surface area (Å²) in [5.41, 5.74) is 13.8. The Morgan fingerprint density at radius 3 is 1.14 bits per heavy atom. The van der Waals surface area contributed by atoms with Gasteiger partial charge in [0.15, 0.2) is 0 Å². The third kappa shape index (κ3) is 6.89. The molecule has 0 saturated carbocycles. The highest BCUT2D eigenvalue weighted by molar-refractivity contribution is 5.99. The molecule has 0 saturated heterocycles. The van der Waals surface area contributed by atoms with Crippen LogP contribution in [0, 0.1) is 0 Å². The molecule has 0 bridgehead atoms. The molecule has 2 nitrogen and oxygen atoms in total. The van der Waals surface area contributed by atoms with E-state index in [0.29, 0.717) is 0 Å². The molecule has 0 radical (unpaired) electrons. The average Bonchev–Trinajstić information content (AvgIpc) is 3.30. The van der Waals surface area contributed by atoms with Gasteiger partial charge in [-0.2, -0.15) is 0 Å². The molecule has 0 heterocycles. The molecule has 0 N–H and O–H groups in total. The van der Waals surface area contributed by atoms with Crippen LogP contribution in [0.1, 0.15) is 0 Å². The molecule has 274 valence electrons. The number of rotatable bonds is 9. The molecule has 0 fully saturated rings. The minimum Gasteiger partial charge on any atom is -0.311 e. The summed E-state index contributed by atoms with van der Waals surface area (Å²) in [5, 5.41) is 4.96. The number of para-hydroxylation sites is 2. The molecular weight excluding hydrogens is 701 g/mol. The molecule has 0 unspecified atom stereocenters. The van der Waals surface area contributed by atoms with Gasteiger partial charge in [-0.15, -0.1) is 0 Å². The van der Waals surface area contributed by atoms with Crippen molar-refractivity contribution in [2.24, 2.45) is 0 Å². The molecule has 58 heavy (non-hydrogen) atoms. The van der Waals surface area contributed by atoms with E-state index in [1.165, 1.54) is 54.9 Å². The lowest BCUT2D eigenvalue weighted by Crippen LogP contribution is -2.12. The van der Waals surface area contributed by atoms with Crippen LogP contribution in [0.15, 0.2) is 243 Å². The number of fused-ring (bicyclic) bond motifs is 2. The number of benzene rings is 10. The van der Waals surface area contributed by atoms with E-state index in [4.69, 9.17) is 0 Å². The highest BCUT2D eigenvalue weighted by Crippen LogP contribution is 2.42. The van der Waals surface area contributed by atoms with Crippen LogP contribution in [0.2, 0.25) is 0 Å². The van der Waals surface area contributed by atoms with Gasteiger partial charge in [0.05, 0.1) is 0 Å². The fourth-order valence-corrected chi connectivity index (χ4v) is 8.12. The smallest absolute Gasteiger partial charge is 0.0467 e. The normalized spacial score (nSPS) is 11.1. The summed E-state index contributed by atoms with van der Waals surface area (Å²) in [6, 6.07) is 87.3. The largest absolute Gasteiger partial charge is 0.311 e. The van der Waals surface area contributed by atoms with Gasteiger partial charge in [-0.3, -0.25) is 0 Å². The zero-order valence-electron chi connectivity index (χ0n) is 32.0. The fourth-order valence-electron chi connectivity index (χ4n) is 8.12. The van der Waals surface area contributed by atoms with Crippen molar-refractivity contribution in [2.45, 2.75) is 0 Å². The van der Waals surface area contributed by atoms with E-state index in [2.05, 4.69) is 252 Å². The first-order valence-corrected chi connectivity index (χ1v) is 19.8. The first kappa shape index (κ1) is 34.8. The molecule has 0 aliphatic rings. The molecule has 10 rings (SSSR count). The van der Waals surface area contributed by atoms with Gasteiger partial charge in [-0.05, 0) is 146 Å². The van der Waals surface area contributed by atoms with Gasteiger partial charge >= 0.3 is 0 Å². The van der Waals surface area contributed by atoms with E-state index >= 15 is 0 Å². The van der Waals surface area contributed by atoms with Crippen LogP contribution in [0.25, 0.3) is 54.9 Å². The van der Waals surface area contributed by atoms with Crippen molar-refractivity contribution in [3.63, 3.8) is 0 Å². The quantitative estimate of drug-likeness (QED) is 0.145. The van der Waals surface area contributed by atoms with Crippen molar-refractivity contribution in [2.75, 3.05) is 9.80 Å². The summed E-state index contributed by atoms with van der Waals surface area (Å²) in [6.45, 7) is 0. The van der Waals surface area contributed by atoms with Gasteiger partial charge in [0, 0.05) is 34.1 Å². The van der Waals surface area contributed by atoms with Crippen LogP contribution < -0.4 is 9.80 Å². The van der Waals surface area contributed by atoms with E-state index in [9.17, 15) is 0 Å². The summed E-state index contributed by atoms with van der Waals surface area (Å²) in [4.78, 5) is 4.66. The molecule has 0 spiro atoms. The number of hydrogen-bond donors (Lipinski definition) is 0. The Morgan fingerprint density at radius 2 is 0.569 bits per heavy atom. The molecule has 0 aliphatic carbocycles. The second-order valence-electron chi connectivity index (χ2n) is 14.6. The van der Waals surface area contributed by atoms with Crippen LogP contribution in [-0.2, 0) is 0 Å². The maximum absolute atomic E-state index is 2.34. The maximum Gasteiger partial charge on any atom is 0.0467 e. The van der Waals surface area contributed by atoms with Gasteiger partial charge in [-0.1, -0.05) is 152 Å². The maximum atomic E-state index is 2.34. The summed E-state index contributed by atoms with van der Waals surface area (Å²) >= 11 is 0. The monoisotopic (exact) mass is 740 g/mol. The summed E-state index contributed by atoms with van der Waals surface area (Å²) in [5.74, 6) is 0. The van der Waals surface area contributed by atoms with E-state index in [0.717, 1.165) is 34.1 Å². The lowest BCUT2D eigenvalue weighted by atomic mass is 9.90. The number of hydrogen-bond acceptors (Lipinski definition) is 2. The average molecular weight is 741 g/mol. The Kier molecular flexibility index (Phi) is 9.27. The summed E-state index contributed by atoms with van der Waals surface area (Å²) in [7, 11) is 0. The second kappa shape index (κ2) is 15.5. The molecule has 0 atom stereocenters. The second-order valence-corrected chi connectivity index (χ2v) is 14.6. The standard InChI is InChI=1S/C56H40N2/c1-4-15-41(16-5-1)45-21-14-26-54(38-45)58(50-24-8-3-9-25-50)53-35-33-52(34-36-53)57(49-22-6-2-7-23-49)51-31-29-43(30-32-51)55-39-46-19-12-13-20-47(46)40-56(55)48-28-27-42-17-10-11-18-44(42)37-48/h1-40H. The van der Waals surface area contributed by atoms with Crippen molar-refractivity contribution in [1.82, 2.24) is 0 Å². The first-order valence-electron chi connectivity index (χ1n) is 19.8. The third-order valence-electron chi connectivity index (χ3n) is 11.0. The fraction of sp³-hybridized carbons (Fsp3) is 0. The van der Waals surface area contributed by atoms with Crippen LogP contribution in [0.4, 0.5) is 34.1 Å². The van der Waals surface area contributed by atoms with Crippen molar-refractivity contribution in [1.29, 1.82) is 0 Å². The number of nitrogens with zero attached hydrogens (tertiary/aromatic N) is 2. The van der Waals surface area contributed by atoms with Crippen LogP contribution in [0.3, 0.4) is 0 Å². The molecule has 0 amide bonds. The minimum absolute atomic E-state index is 1.08. The Morgan fingerprint density at radius 1 is 0.190 bits per heavy atom. The highest BCUT2D eigenvalue weighted by atomic mass is 15.2. The minimum atomic E-state index is 1.08. The Hall–Kier alpha value is -7.68. The molecular formula is C56H40N2. The van der Waals surface area contributed by atoms with Crippen molar-refractivity contribution in [3.8, 4) is 33.4 Å². The Labute approximate surface area is 340 Å². The zero-order valence-corrected chi connectivity index (χ0v) is 32.0. The Balaban J connectivity index is 1.03. The van der Waals surface area contributed by atoms with Crippen LogP contribution in [-0.4, -0.2) is 0 Å². The van der Waals surface area contributed by atoms with E-state index in [1.807, 2.05) is 0 Å². The molecule has 10 aromatic carbocycles. The lowest BCUT2D eigenvalue weighted by molar-refractivity contribution is 1.26. The van der Waals surface area contributed by atoms with Crippen molar-refractivity contribution < 1.29 is 0 Å². The summed E-state index contributed by atoms with van der Waals surface area (Å²) in [6.07, 6.45) is 0. The Bertz CT molecular complexity index is 2980. The van der Waals surface area contributed by atoms with E-state index in [-0.39, 0.29) is 0 Å². The topological polar surface area (TPSA) is 6.48 Å². The van der Waals surface area contributed by atoms with Gasteiger partial charge in [0.1, 0.15) is 0 Å². The van der Waals surface area contributed by atoms with E-state index in [1.54, 1.807) is 0 Å². The predicted octanol–water partition coefficient (Wildman–Crippen LogP) is 15.9. The lowest BCUT2D eigenvalue weighted by Gasteiger charge is -2.28. The predicted molar refractivity (Wildman–Crippen MR) is 247 cm³/mol. The van der Waals surface area contributed by atoms with Gasteiger partial charge in [0.25, 0.3) is 0 Å². The van der Waals surface area contributed by atoms with E-state index < -0.39 is 0 Å². The van der Waals surface area contributed by atoms with Gasteiger partial charge in [0.2, 0.25) is 0 Å². The molecule has 2 heteroatoms. The highest BCUT2D eigenvalue weighted by Gasteiger charge is 2.18. The number of anilines is 6. The molecule has 0 aromatic heterocycles. The molecule has 0 aliphatic heterocycles. The van der Waals surface area contributed by atoms with Crippen LogP contribution in [0.5, 0.6) is 0 Å².